The molecule has 0 aromatic heterocycles. The van der Waals surface area contributed by atoms with Crippen LogP contribution in [0.5, 0.6) is 0 Å². The molecule has 0 radical (unpaired) electrons. The minimum absolute atomic E-state index is 0.0341. The lowest BCUT2D eigenvalue weighted by Gasteiger charge is -2.35. The first-order valence-electron chi connectivity index (χ1n) is 8.36. The highest BCUT2D eigenvalue weighted by atomic mass is 32.2. The molecule has 1 aliphatic heterocycles. The van der Waals surface area contributed by atoms with Crippen LogP contribution in [0, 0.1) is 5.82 Å². The summed E-state index contributed by atoms with van der Waals surface area (Å²) >= 11 is 0. The number of likely N-dealkylation sites (tertiary alicyclic amines) is 1. The fraction of sp³-hybridized carbons (Fsp3) is 0.368. The summed E-state index contributed by atoms with van der Waals surface area (Å²) in [4.78, 5) is 2.10. The fourth-order valence-corrected chi connectivity index (χ4v) is 4.79. The zero-order valence-electron chi connectivity index (χ0n) is 13.9. The molecule has 3 rings (SSSR count). The molecule has 2 aromatic carbocycles. The summed E-state index contributed by atoms with van der Waals surface area (Å²) in [6, 6.07) is 14.1. The molecule has 0 bridgehead atoms. The first-order chi connectivity index (χ1) is 11.9. The molecule has 3 nitrogen and oxygen atoms in total. The van der Waals surface area contributed by atoms with Gasteiger partial charge in [0.25, 0.3) is 0 Å². The van der Waals surface area contributed by atoms with Gasteiger partial charge in [0.15, 0.2) is 0 Å². The van der Waals surface area contributed by atoms with E-state index >= 15 is 4.39 Å². The van der Waals surface area contributed by atoms with Crippen LogP contribution in [0.15, 0.2) is 59.5 Å². The Morgan fingerprint density at radius 2 is 1.56 bits per heavy atom. The Labute approximate surface area is 147 Å². The highest BCUT2D eigenvalue weighted by molar-refractivity contribution is 7.92. The van der Waals surface area contributed by atoms with Crippen molar-refractivity contribution in [3.63, 3.8) is 0 Å². The van der Waals surface area contributed by atoms with Crippen LogP contribution in [-0.2, 0) is 16.3 Å². The van der Waals surface area contributed by atoms with Gasteiger partial charge in [-0.1, -0.05) is 30.3 Å². The molecule has 0 atom stereocenters. The third-order valence-electron chi connectivity index (χ3n) is 4.77. The van der Waals surface area contributed by atoms with Gasteiger partial charge in [0.05, 0.1) is 4.90 Å². The predicted molar refractivity (Wildman–Crippen MR) is 93.2 cm³/mol. The number of hydrogen-bond acceptors (Lipinski definition) is 3. The molecule has 0 N–H and O–H groups in total. The lowest BCUT2D eigenvalue weighted by molar-refractivity contribution is 0.121. The Kier molecular flexibility index (Phi) is 5.20. The molecule has 0 spiro atoms. The summed E-state index contributed by atoms with van der Waals surface area (Å²) in [6.07, 6.45) is 0.659. The van der Waals surface area contributed by atoms with Gasteiger partial charge in [-0.2, -0.15) is 0 Å². The molecule has 25 heavy (non-hydrogen) atoms. The van der Waals surface area contributed by atoms with Crippen LogP contribution in [-0.4, -0.2) is 38.0 Å². The standard InChI is InChI=1S/C19H21F2NO2S/c20-17-8-6-16(7-9-17)10-13-22-14-11-19(21,12-15-22)25(23,24)18-4-2-1-3-5-18/h1-9H,10-15H2. The van der Waals surface area contributed by atoms with E-state index in [4.69, 9.17) is 0 Å². The first kappa shape index (κ1) is 18.0. The van der Waals surface area contributed by atoms with Gasteiger partial charge >= 0.3 is 0 Å². The fourth-order valence-electron chi connectivity index (χ4n) is 3.13. The molecule has 134 valence electrons. The molecule has 0 amide bonds. The molecule has 6 heteroatoms. The van der Waals surface area contributed by atoms with Crippen molar-refractivity contribution in [2.24, 2.45) is 0 Å². The number of piperidine rings is 1. The average Bonchev–Trinajstić information content (AvgIpc) is 2.63. The quantitative estimate of drug-likeness (QED) is 0.812. The summed E-state index contributed by atoms with van der Waals surface area (Å²) in [7, 11) is -3.99. The molecule has 1 aliphatic rings. The van der Waals surface area contributed by atoms with Gasteiger partial charge in [0, 0.05) is 32.5 Å². The van der Waals surface area contributed by atoms with Crippen molar-refractivity contribution in [2.45, 2.75) is 29.2 Å². The van der Waals surface area contributed by atoms with Gasteiger partial charge in [0.1, 0.15) is 5.82 Å². The van der Waals surface area contributed by atoms with Gasteiger partial charge in [-0.25, -0.2) is 17.2 Å². The second-order valence-corrected chi connectivity index (χ2v) is 8.63. The highest BCUT2D eigenvalue weighted by Gasteiger charge is 2.47. The van der Waals surface area contributed by atoms with E-state index in [0.29, 0.717) is 19.6 Å². The number of hydrogen-bond donors (Lipinski definition) is 0. The molecule has 1 fully saturated rings. The van der Waals surface area contributed by atoms with E-state index in [1.54, 1.807) is 30.3 Å². The van der Waals surface area contributed by atoms with E-state index < -0.39 is 14.8 Å². The van der Waals surface area contributed by atoms with Crippen LogP contribution in [0.4, 0.5) is 8.78 Å². The Morgan fingerprint density at radius 1 is 0.960 bits per heavy atom. The molecule has 1 saturated heterocycles. The van der Waals surface area contributed by atoms with E-state index in [9.17, 15) is 12.8 Å². The minimum Gasteiger partial charge on any atom is -0.303 e. The highest BCUT2D eigenvalue weighted by Crippen LogP contribution is 2.36. The summed E-state index contributed by atoms with van der Waals surface area (Å²) in [5.41, 5.74) is 1.01. The van der Waals surface area contributed by atoms with Crippen LogP contribution in [0.3, 0.4) is 0 Å². The Balaban J connectivity index is 1.60. The van der Waals surface area contributed by atoms with Gasteiger partial charge in [-0.15, -0.1) is 0 Å². The largest absolute Gasteiger partial charge is 0.303 e. The maximum atomic E-state index is 15.2. The number of nitrogens with zero attached hydrogens (tertiary/aromatic N) is 1. The van der Waals surface area contributed by atoms with Gasteiger partial charge in [-0.05, 0) is 36.2 Å². The maximum absolute atomic E-state index is 15.2. The first-order valence-corrected chi connectivity index (χ1v) is 9.84. The smallest absolute Gasteiger partial charge is 0.217 e. The lowest BCUT2D eigenvalue weighted by atomic mass is 10.1. The van der Waals surface area contributed by atoms with E-state index in [-0.39, 0.29) is 23.6 Å². The molecular weight excluding hydrogens is 344 g/mol. The van der Waals surface area contributed by atoms with Crippen molar-refractivity contribution in [1.29, 1.82) is 0 Å². The topological polar surface area (TPSA) is 37.4 Å². The molecule has 0 saturated carbocycles. The predicted octanol–water partition coefficient (Wildman–Crippen LogP) is 3.60. The zero-order valence-corrected chi connectivity index (χ0v) is 14.7. The zero-order chi connectivity index (χ0) is 17.9. The molecule has 0 aliphatic carbocycles. The second-order valence-electron chi connectivity index (χ2n) is 6.42. The van der Waals surface area contributed by atoms with E-state index in [0.717, 1.165) is 12.0 Å². The van der Waals surface area contributed by atoms with Crippen molar-refractivity contribution < 1.29 is 17.2 Å². The average molecular weight is 365 g/mol. The normalized spacial score (nSPS) is 18.2. The summed E-state index contributed by atoms with van der Waals surface area (Å²) < 4.78 is 53.3. The Morgan fingerprint density at radius 3 is 2.16 bits per heavy atom. The van der Waals surface area contributed by atoms with Gasteiger partial charge < -0.3 is 4.90 Å². The third-order valence-corrected chi connectivity index (χ3v) is 7.03. The van der Waals surface area contributed by atoms with Gasteiger partial charge in [0.2, 0.25) is 14.8 Å². The number of halogens is 2. The maximum Gasteiger partial charge on any atom is 0.217 e. The summed E-state index contributed by atoms with van der Waals surface area (Å²) in [5.74, 6) is -0.268. The van der Waals surface area contributed by atoms with Crippen molar-refractivity contribution in [3.8, 4) is 0 Å². The lowest BCUT2D eigenvalue weighted by Crippen LogP contribution is -2.46. The van der Waals surface area contributed by atoms with Crippen molar-refractivity contribution in [2.75, 3.05) is 19.6 Å². The van der Waals surface area contributed by atoms with Crippen LogP contribution in [0.1, 0.15) is 18.4 Å². The summed E-state index contributed by atoms with van der Waals surface area (Å²) in [6.45, 7) is 1.49. The third kappa shape index (κ3) is 3.90. The molecule has 2 aromatic rings. The van der Waals surface area contributed by atoms with E-state index in [2.05, 4.69) is 4.90 Å². The summed E-state index contributed by atoms with van der Waals surface area (Å²) in [5, 5.41) is -2.21. The number of sulfone groups is 1. The van der Waals surface area contributed by atoms with Crippen molar-refractivity contribution in [3.05, 3.63) is 66.0 Å². The SMILES string of the molecule is O=S(=O)(c1ccccc1)C1(F)CCN(CCc2ccc(F)cc2)CC1. The number of alkyl halides is 1. The number of benzene rings is 2. The molecule has 1 heterocycles. The van der Waals surface area contributed by atoms with Crippen molar-refractivity contribution in [1.82, 2.24) is 4.90 Å². The Bertz CT molecular complexity index is 799. The van der Waals surface area contributed by atoms with Crippen LogP contribution in [0.2, 0.25) is 0 Å². The molecule has 0 unspecified atom stereocenters. The monoisotopic (exact) mass is 365 g/mol. The minimum atomic E-state index is -3.99. The Hall–Kier alpha value is -1.79. The van der Waals surface area contributed by atoms with Gasteiger partial charge in [-0.3, -0.25) is 0 Å². The van der Waals surface area contributed by atoms with Crippen molar-refractivity contribution >= 4 is 9.84 Å². The van der Waals surface area contributed by atoms with Crippen LogP contribution >= 0.6 is 0 Å². The number of rotatable bonds is 5. The van der Waals surface area contributed by atoms with E-state index in [1.807, 2.05) is 0 Å². The molecular formula is C19H21F2NO2S. The van der Waals surface area contributed by atoms with Crippen LogP contribution in [0.25, 0.3) is 0 Å². The van der Waals surface area contributed by atoms with E-state index in [1.165, 1.54) is 24.3 Å². The second kappa shape index (κ2) is 7.22. The van der Waals surface area contributed by atoms with Crippen LogP contribution < -0.4 is 0 Å².